The lowest BCUT2D eigenvalue weighted by Crippen LogP contribution is -2.51. The summed E-state index contributed by atoms with van der Waals surface area (Å²) >= 11 is 0. The van der Waals surface area contributed by atoms with Gasteiger partial charge in [0.25, 0.3) is 5.91 Å². The second-order valence-electron chi connectivity index (χ2n) is 7.75. The first-order valence-corrected chi connectivity index (χ1v) is 10.5. The Bertz CT molecular complexity index is 1260. The average molecular weight is 510 g/mol. The number of benzene rings is 1. The summed E-state index contributed by atoms with van der Waals surface area (Å²) in [4.78, 5) is 28.0. The topological polar surface area (TPSA) is 145 Å². The van der Waals surface area contributed by atoms with E-state index in [1.54, 1.807) is 6.92 Å². The van der Waals surface area contributed by atoms with Crippen molar-refractivity contribution in [3.63, 3.8) is 0 Å². The first kappa shape index (κ1) is 26.5. The highest BCUT2D eigenvalue weighted by molar-refractivity contribution is 5.91. The Labute approximate surface area is 202 Å². The number of rotatable bonds is 9. The van der Waals surface area contributed by atoms with Crippen LogP contribution in [0, 0.1) is 5.82 Å². The molecule has 2 amide bonds. The van der Waals surface area contributed by atoms with E-state index < -0.39 is 48.1 Å². The number of hydrogen-bond acceptors (Lipinski definition) is 7. The molecular weight excluding hydrogens is 488 g/mol. The molecule has 0 radical (unpaired) electrons. The van der Waals surface area contributed by atoms with Crippen molar-refractivity contribution in [3.8, 4) is 17.0 Å². The van der Waals surface area contributed by atoms with Crippen molar-refractivity contribution in [1.82, 2.24) is 25.3 Å². The highest BCUT2D eigenvalue weighted by Crippen LogP contribution is 2.42. The summed E-state index contributed by atoms with van der Waals surface area (Å²) in [7, 11) is 1.46. The molecule has 0 saturated carbocycles. The van der Waals surface area contributed by atoms with Gasteiger partial charge >= 0.3 is 6.18 Å². The quantitative estimate of drug-likeness (QED) is 0.371. The lowest BCUT2D eigenvalue weighted by atomic mass is 9.93. The first-order valence-electron chi connectivity index (χ1n) is 10.5. The molecule has 2 aromatic heterocycles. The molecule has 1 aromatic carbocycles. The van der Waals surface area contributed by atoms with E-state index >= 15 is 0 Å². The Kier molecular flexibility index (Phi) is 7.57. The summed E-state index contributed by atoms with van der Waals surface area (Å²) in [6.45, 7) is 0.314. The zero-order chi connectivity index (χ0) is 26.7. The summed E-state index contributed by atoms with van der Waals surface area (Å²) in [6, 6.07) is 5.46. The molecule has 0 unspecified atom stereocenters. The minimum atomic E-state index is -5.33. The number of carbonyl (C=O) groups is 2. The molecule has 0 aliphatic carbocycles. The Morgan fingerprint density at radius 3 is 2.42 bits per heavy atom. The fourth-order valence-corrected chi connectivity index (χ4v) is 3.31. The van der Waals surface area contributed by atoms with Crippen LogP contribution in [-0.4, -0.2) is 56.2 Å². The van der Waals surface area contributed by atoms with Crippen LogP contribution in [0.2, 0.25) is 0 Å². The molecule has 0 spiro atoms. The van der Waals surface area contributed by atoms with Gasteiger partial charge in [0, 0.05) is 18.2 Å². The van der Waals surface area contributed by atoms with Crippen LogP contribution in [0.5, 0.6) is 5.75 Å². The van der Waals surface area contributed by atoms with Crippen LogP contribution in [0.3, 0.4) is 0 Å². The van der Waals surface area contributed by atoms with Crippen LogP contribution in [0.15, 0.2) is 36.5 Å². The van der Waals surface area contributed by atoms with Crippen LogP contribution in [0.1, 0.15) is 28.7 Å². The number of aliphatic hydroxyl groups is 1. The molecule has 0 fully saturated rings. The molecule has 1 atom stereocenters. The van der Waals surface area contributed by atoms with Gasteiger partial charge in [0.05, 0.1) is 31.5 Å². The van der Waals surface area contributed by atoms with Gasteiger partial charge in [0.1, 0.15) is 17.3 Å². The average Bonchev–Trinajstić information content (AvgIpc) is 3.24. The SMILES string of the molecule is CCOc1c(CC(N)=O)cc([C@@](O)(CNC(=O)c2cn(C)nn2)C(F)(F)F)nc1-c1ccc(F)cc1. The second-order valence-corrected chi connectivity index (χ2v) is 7.75. The normalized spacial score (nSPS) is 13.2. The molecule has 0 bridgehead atoms. The van der Waals surface area contributed by atoms with Crippen LogP contribution in [0.4, 0.5) is 17.6 Å². The van der Waals surface area contributed by atoms with Crippen molar-refractivity contribution in [2.45, 2.75) is 25.1 Å². The fraction of sp³-hybridized carbons (Fsp3) is 0.318. The van der Waals surface area contributed by atoms with Crippen LogP contribution >= 0.6 is 0 Å². The zero-order valence-electron chi connectivity index (χ0n) is 19.1. The maximum atomic E-state index is 14.2. The predicted molar refractivity (Wildman–Crippen MR) is 117 cm³/mol. The molecule has 36 heavy (non-hydrogen) atoms. The molecule has 2 heterocycles. The summed E-state index contributed by atoms with van der Waals surface area (Å²) in [5, 5.41) is 19.9. The van der Waals surface area contributed by atoms with E-state index in [1.165, 1.54) is 30.1 Å². The summed E-state index contributed by atoms with van der Waals surface area (Å²) in [5.41, 5.74) is 0.258. The number of nitrogens with two attached hydrogens (primary N) is 1. The number of amides is 2. The summed E-state index contributed by atoms with van der Waals surface area (Å²) in [5.74, 6) is -2.57. The van der Waals surface area contributed by atoms with Crippen molar-refractivity contribution >= 4 is 11.8 Å². The van der Waals surface area contributed by atoms with Gasteiger partial charge in [-0.05, 0) is 37.3 Å². The number of primary amides is 1. The molecule has 4 N–H and O–H groups in total. The minimum Gasteiger partial charge on any atom is -0.491 e. The van der Waals surface area contributed by atoms with Gasteiger partial charge in [0.15, 0.2) is 5.69 Å². The number of aryl methyl sites for hydroxylation is 1. The number of nitrogens with zero attached hydrogens (tertiary/aromatic N) is 4. The highest BCUT2D eigenvalue weighted by Gasteiger charge is 2.56. The van der Waals surface area contributed by atoms with Crippen molar-refractivity contribution in [1.29, 1.82) is 0 Å². The van der Waals surface area contributed by atoms with Gasteiger partial charge in [-0.3, -0.25) is 14.3 Å². The number of ether oxygens (including phenoxy) is 1. The molecule has 10 nitrogen and oxygen atoms in total. The molecule has 0 aliphatic rings. The van der Waals surface area contributed by atoms with Crippen molar-refractivity contribution < 1.29 is 37.0 Å². The number of pyridine rings is 1. The van der Waals surface area contributed by atoms with Crippen molar-refractivity contribution in [2.24, 2.45) is 12.8 Å². The van der Waals surface area contributed by atoms with E-state index in [0.717, 1.165) is 18.2 Å². The van der Waals surface area contributed by atoms with E-state index in [2.05, 4.69) is 15.3 Å². The van der Waals surface area contributed by atoms with Gasteiger partial charge in [0.2, 0.25) is 11.5 Å². The van der Waals surface area contributed by atoms with E-state index in [9.17, 15) is 32.3 Å². The Balaban J connectivity index is 2.16. The van der Waals surface area contributed by atoms with Crippen LogP contribution < -0.4 is 15.8 Å². The van der Waals surface area contributed by atoms with Crippen LogP contribution in [0.25, 0.3) is 11.3 Å². The molecule has 192 valence electrons. The predicted octanol–water partition coefficient (Wildman–Crippen LogP) is 1.62. The Morgan fingerprint density at radius 1 is 1.22 bits per heavy atom. The molecule has 3 aromatic rings. The lowest BCUT2D eigenvalue weighted by molar-refractivity contribution is -0.265. The molecule has 14 heteroatoms. The third kappa shape index (κ3) is 5.59. The van der Waals surface area contributed by atoms with Crippen molar-refractivity contribution in [3.05, 3.63) is 59.3 Å². The third-order valence-electron chi connectivity index (χ3n) is 5.05. The number of alkyl halides is 3. The minimum absolute atomic E-state index is 0.0543. The molecular formula is C22H22F4N6O4. The number of nitrogens with one attached hydrogen (secondary N) is 1. The fourth-order valence-electron chi connectivity index (χ4n) is 3.31. The van der Waals surface area contributed by atoms with Gasteiger partial charge < -0.3 is 20.9 Å². The highest BCUT2D eigenvalue weighted by atomic mass is 19.4. The maximum Gasteiger partial charge on any atom is 0.424 e. The van der Waals surface area contributed by atoms with E-state index in [-0.39, 0.29) is 34.9 Å². The van der Waals surface area contributed by atoms with E-state index in [1.807, 2.05) is 5.32 Å². The number of halogens is 4. The lowest BCUT2D eigenvalue weighted by Gasteiger charge is -2.31. The second kappa shape index (κ2) is 10.3. The molecule has 0 aliphatic heterocycles. The Morgan fingerprint density at radius 2 is 1.89 bits per heavy atom. The molecule has 0 saturated heterocycles. The standard InChI is InChI=1S/C22H22F4N6O4/c1-3-36-19-13(9-17(27)33)8-16(29-18(19)12-4-6-14(23)7-5-12)21(35,22(24,25)26)11-28-20(34)15-10-32(2)31-30-15/h4-8,10,35H,3,9,11H2,1-2H3,(H2,27,33)(H,28,34)/t21-/m0/s1. The number of carbonyl (C=O) groups excluding carboxylic acids is 2. The number of hydrogen-bond donors (Lipinski definition) is 3. The van der Waals surface area contributed by atoms with Gasteiger partial charge in [-0.1, -0.05) is 5.21 Å². The van der Waals surface area contributed by atoms with Gasteiger partial charge in [-0.25, -0.2) is 9.37 Å². The first-order chi connectivity index (χ1) is 16.9. The summed E-state index contributed by atoms with van der Waals surface area (Å²) in [6.07, 6.45) is -4.69. The van der Waals surface area contributed by atoms with E-state index in [0.29, 0.717) is 0 Å². The van der Waals surface area contributed by atoms with Gasteiger partial charge in [-0.2, -0.15) is 13.2 Å². The van der Waals surface area contributed by atoms with Crippen molar-refractivity contribution in [2.75, 3.05) is 13.2 Å². The number of aromatic nitrogens is 4. The van der Waals surface area contributed by atoms with E-state index in [4.69, 9.17) is 10.5 Å². The van der Waals surface area contributed by atoms with Crippen LogP contribution in [-0.2, 0) is 23.9 Å². The molecule has 3 rings (SSSR count). The zero-order valence-corrected chi connectivity index (χ0v) is 19.1. The third-order valence-corrected chi connectivity index (χ3v) is 5.05. The maximum absolute atomic E-state index is 14.2. The largest absolute Gasteiger partial charge is 0.491 e. The Hall–Kier alpha value is -4.07. The smallest absolute Gasteiger partial charge is 0.424 e. The van der Waals surface area contributed by atoms with Gasteiger partial charge in [-0.15, -0.1) is 5.10 Å². The summed E-state index contributed by atoms with van der Waals surface area (Å²) < 4.78 is 62.9. The monoisotopic (exact) mass is 510 g/mol.